The van der Waals surface area contributed by atoms with Crippen molar-refractivity contribution in [2.24, 2.45) is 10.8 Å². The summed E-state index contributed by atoms with van der Waals surface area (Å²) in [5, 5.41) is 6.12. The van der Waals surface area contributed by atoms with E-state index in [1.807, 2.05) is 0 Å². The highest BCUT2D eigenvalue weighted by Crippen LogP contribution is 2.29. The molecule has 3 aromatic carbocycles. The lowest BCUT2D eigenvalue weighted by Crippen LogP contribution is -2.32. The monoisotopic (exact) mass is 538 g/mol. The molecule has 0 aromatic heterocycles. The maximum Gasteiger partial charge on any atom is 0.344 e. The minimum absolute atomic E-state index is 0.191. The minimum atomic E-state index is -1.01. The lowest BCUT2D eigenvalue weighted by molar-refractivity contribution is -0.136. The molecule has 0 spiro atoms. The number of carbonyl (C=O) groups excluding carboxylic acids is 4. The summed E-state index contributed by atoms with van der Waals surface area (Å²) in [6, 6.07) is 17.2. The normalized spacial score (nSPS) is 10.5. The molecule has 0 aliphatic rings. The second-order valence-corrected chi connectivity index (χ2v) is 7.73. The van der Waals surface area contributed by atoms with E-state index >= 15 is 0 Å². The smallest absolute Gasteiger partial charge is 0.344 e. The predicted molar refractivity (Wildman–Crippen MR) is 131 cm³/mol. The largest absolute Gasteiger partial charge is 0.493 e. The van der Waals surface area contributed by atoms with E-state index in [0.29, 0.717) is 21.3 Å². The molecule has 3 rings (SSSR count). The van der Waals surface area contributed by atoms with Crippen molar-refractivity contribution >= 4 is 51.5 Å². The summed E-state index contributed by atoms with van der Waals surface area (Å²) in [5.41, 5.74) is 8.69. The summed E-state index contributed by atoms with van der Waals surface area (Å²) in [4.78, 5) is 47.5. The number of ether oxygens (including phenoxy) is 2. The number of hydrogen-bond donors (Lipinski definition) is 3. The van der Waals surface area contributed by atoms with Crippen molar-refractivity contribution in [1.29, 1.82) is 0 Å². The molecule has 4 N–H and O–H groups in total. The molecule has 3 amide bonds. The van der Waals surface area contributed by atoms with Crippen molar-refractivity contribution in [3.8, 4) is 11.5 Å². The SMILES string of the molecule is COc1cc(/C=N/NC(=O)C(=O)Nc2ccc(C(N)=O)cc2)ccc1OC(=O)c1ccccc1Br. The zero-order valence-electron chi connectivity index (χ0n) is 18.3. The van der Waals surface area contributed by atoms with Crippen molar-refractivity contribution in [2.45, 2.75) is 0 Å². The molecule has 10 nitrogen and oxygen atoms in total. The van der Waals surface area contributed by atoms with E-state index in [0.717, 1.165) is 0 Å². The Hall–Kier alpha value is -4.51. The number of rotatable bonds is 7. The van der Waals surface area contributed by atoms with Gasteiger partial charge < -0.3 is 20.5 Å². The Morgan fingerprint density at radius 1 is 0.943 bits per heavy atom. The maximum absolute atomic E-state index is 12.4. The zero-order valence-corrected chi connectivity index (χ0v) is 19.9. The number of nitrogens with zero attached hydrogens (tertiary/aromatic N) is 1. The van der Waals surface area contributed by atoms with Crippen molar-refractivity contribution < 1.29 is 28.7 Å². The van der Waals surface area contributed by atoms with Gasteiger partial charge in [-0.1, -0.05) is 12.1 Å². The minimum Gasteiger partial charge on any atom is -0.493 e. The number of hydrazone groups is 1. The summed E-state index contributed by atoms with van der Waals surface area (Å²) >= 11 is 3.30. The van der Waals surface area contributed by atoms with Crippen LogP contribution in [0.15, 0.2) is 76.3 Å². The first-order valence-electron chi connectivity index (χ1n) is 9.97. The van der Waals surface area contributed by atoms with Gasteiger partial charge in [0.05, 0.1) is 18.9 Å². The summed E-state index contributed by atoms with van der Waals surface area (Å²) in [5.74, 6) is -2.69. The second-order valence-electron chi connectivity index (χ2n) is 6.87. The quantitative estimate of drug-likeness (QED) is 0.138. The van der Waals surface area contributed by atoms with Crippen LogP contribution in [0.25, 0.3) is 0 Å². The van der Waals surface area contributed by atoms with E-state index in [1.54, 1.807) is 36.4 Å². The van der Waals surface area contributed by atoms with Gasteiger partial charge in [0, 0.05) is 15.7 Å². The fourth-order valence-electron chi connectivity index (χ4n) is 2.75. The van der Waals surface area contributed by atoms with Crippen LogP contribution < -0.4 is 25.9 Å². The Bertz CT molecular complexity index is 1310. The maximum atomic E-state index is 12.4. The summed E-state index contributed by atoms with van der Waals surface area (Å²) in [6.07, 6.45) is 1.29. The number of carbonyl (C=O) groups is 4. The first-order chi connectivity index (χ1) is 16.8. The molecular formula is C24H19BrN4O6. The van der Waals surface area contributed by atoms with Crippen LogP contribution in [0.2, 0.25) is 0 Å². The lowest BCUT2D eigenvalue weighted by atomic mass is 10.2. The topological polar surface area (TPSA) is 149 Å². The van der Waals surface area contributed by atoms with Crippen molar-refractivity contribution in [3.63, 3.8) is 0 Å². The molecule has 0 saturated carbocycles. The Balaban J connectivity index is 1.59. The highest BCUT2D eigenvalue weighted by Gasteiger charge is 2.16. The number of nitrogens with two attached hydrogens (primary N) is 1. The average Bonchev–Trinajstić information content (AvgIpc) is 2.85. The van der Waals surface area contributed by atoms with Gasteiger partial charge in [0.1, 0.15) is 0 Å². The molecule has 0 aliphatic heterocycles. The van der Waals surface area contributed by atoms with Gasteiger partial charge in [-0.15, -0.1) is 0 Å². The third kappa shape index (κ3) is 6.74. The summed E-state index contributed by atoms with van der Waals surface area (Å²) in [6.45, 7) is 0. The number of primary amides is 1. The molecule has 35 heavy (non-hydrogen) atoms. The predicted octanol–water partition coefficient (Wildman–Crippen LogP) is 2.86. The molecule has 0 aliphatic carbocycles. The summed E-state index contributed by atoms with van der Waals surface area (Å²) in [7, 11) is 1.41. The molecule has 0 bridgehead atoms. The van der Waals surface area contributed by atoms with Crippen LogP contribution in [0.4, 0.5) is 5.69 Å². The van der Waals surface area contributed by atoms with E-state index in [-0.39, 0.29) is 17.1 Å². The Labute approximate surface area is 208 Å². The first-order valence-corrected chi connectivity index (χ1v) is 10.8. The van der Waals surface area contributed by atoms with Gasteiger partial charge in [-0.25, -0.2) is 10.2 Å². The van der Waals surface area contributed by atoms with E-state index in [1.165, 1.54) is 43.7 Å². The molecule has 0 radical (unpaired) electrons. The average molecular weight is 539 g/mol. The number of esters is 1. The van der Waals surface area contributed by atoms with E-state index in [2.05, 4.69) is 31.8 Å². The van der Waals surface area contributed by atoms with E-state index in [9.17, 15) is 19.2 Å². The van der Waals surface area contributed by atoms with Crippen LogP contribution >= 0.6 is 15.9 Å². The highest BCUT2D eigenvalue weighted by molar-refractivity contribution is 9.10. The number of methoxy groups -OCH3 is 1. The number of halogens is 1. The fraction of sp³-hybridized carbons (Fsp3) is 0.0417. The first kappa shape index (κ1) is 25.1. The van der Waals surface area contributed by atoms with Crippen LogP contribution in [0, 0.1) is 0 Å². The van der Waals surface area contributed by atoms with Gasteiger partial charge in [0.25, 0.3) is 0 Å². The molecule has 3 aromatic rings. The third-order valence-corrected chi connectivity index (χ3v) is 5.19. The van der Waals surface area contributed by atoms with Gasteiger partial charge in [0.15, 0.2) is 11.5 Å². The number of amides is 3. The van der Waals surface area contributed by atoms with E-state index in [4.69, 9.17) is 15.2 Å². The molecule has 0 unspecified atom stereocenters. The Morgan fingerprint density at radius 3 is 2.31 bits per heavy atom. The molecule has 0 heterocycles. The Morgan fingerprint density at radius 2 is 1.66 bits per heavy atom. The van der Waals surface area contributed by atoms with Crippen molar-refractivity contribution in [3.05, 3.63) is 87.9 Å². The summed E-state index contributed by atoms with van der Waals surface area (Å²) < 4.78 is 11.3. The molecule has 0 saturated heterocycles. The number of hydrogen-bond acceptors (Lipinski definition) is 7. The van der Waals surface area contributed by atoms with Gasteiger partial charge in [-0.3, -0.25) is 14.4 Å². The molecule has 11 heteroatoms. The van der Waals surface area contributed by atoms with Crippen LogP contribution in [0.3, 0.4) is 0 Å². The lowest BCUT2D eigenvalue weighted by Gasteiger charge is -2.10. The molecule has 178 valence electrons. The highest BCUT2D eigenvalue weighted by atomic mass is 79.9. The standard InChI is InChI=1S/C24H19BrN4O6/c1-34-20-12-14(6-11-19(20)35-24(33)17-4-2-3-5-18(17)25)13-27-29-23(32)22(31)28-16-9-7-15(8-10-16)21(26)30/h2-13H,1H3,(H2,26,30)(H,28,31)(H,29,32)/b27-13+. The van der Waals surface area contributed by atoms with Gasteiger partial charge in [0.2, 0.25) is 5.91 Å². The zero-order chi connectivity index (χ0) is 25.4. The van der Waals surface area contributed by atoms with Gasteiger partial charge in [-0.2, -0.15) is 5.10 Å². The number of anilines is 1. The molecule has 0 fully saturated rings. The number of benzene rings is 3. The van der Waals surface area contributed by atoms with Crippen LogP contribution in [0.5, 0.6) is 11.5 Å². The molecular weight excluding hydrogens is 520 g/mol. The van der Waals surface area contributed by atoms with Crippen LogP contribution in [-0.2, 0) is 9.59 Å². The second kappa shape index (κ2) is 11.6. The number of nitrogens with one attached hydrogen (secondary N) is 2. The van der Waals surface area contributed by atoms with Gasteiger partial charge >= 0.3 is 17.8 Å². The van der Waals surface area contributed by atoms with Crippen LogP contribution in [0.1, 0.15) is 26.3 Å². The fourth-order valence-corrected chi connectivity index (χ4v) is 3.20. The van der Waals surface area contributed by atoms with Gasteiger partial charge in [-0.05, 0) is 76.1 Å². The van der Waals surface area contributed by atoms with Crippen molar-refractivity contribution in [2.75, 3.05) is 12.4 Å². The van der Waals surface area contributed by atoms with E-state index < -0.39 is 23.7 Å². The molecule has 0 atom stereocenters. The van der Waals surface area contributed by atoms with Crippen LogP contribution in [-0.4, -0.2) is 37.0 Å². The van der Waals surface area contributed by atoms with Crippen molar-refractivity contribution in [1.82, 2.24) is 5.43 Å². The third-order valence-electron chi connectivity index (χ3n) is 4.50. The Kier molecular flexibility index (Phi) is 8.30.